The molecular weight excluding hydrogens is 284 g/mol. The molecule has 2 aromatic rings. The van der Waals surface area contributed by atoms with Crippen LogP contribution in [0, 0.1) is 0 Å². The van der Waals surface area contributed by atoms with Crippen molar-refractivity contribution in [2.45, 2.75) is 52.4 Å². The number of carbonyl (C=O) groups is 1. The molecule has 2 nitrogen and oxygen atoms in total. The third-order valence-corrected chi connectivity index (χ3v) is 4.03. The molecule has 2 rings (SSSR count). The Kier molecular flexibility index (Phi) is 5.97. The SMILES string of the molecule is CC(C)c1ccc(CCC(=O)Oc2ccccc2C(C)C)cc1. The topological polar surface area (TPSA) is 26.3 Å². The average Bonchev–Trinajstić information content (AvgIpc) is 2.53. The summed E-state index contributed by atoms with van der Waals surface area (Å²) >= 11 is 0. The quantitative estimate of drug-likeness (QED) is 0.522. The lowest BCUT2D eigenvalue weighted by Crippen LogP contribution is -2.10. The third kappa shape index (κ3) is 4.95. The van der Waals surface area contributed by atoms with Crippen molar-refractivity contribution in [3.8, 4) is 5.75 Å². The van der Waals surface area contributed by atoms with Crippen LogP contribution in [0.5, 0.6) is 5.75 Å². The van der Waals surface area contributed by atoms with E-state index < -0.39 is 0 Å². The van der Waals surface area contributed by atoms with Crippen molar-refractivity contribution in [1.82, 2.24) is 0 Å². The van der Waals surface area contributed by atoms with E-state index in [2.05, 4.69) is 52.0 Å². The minimum Gasteiger partial charge on any atom is -0.426 e. The largest absolute Gasteiger partial charge is 0.426 e. The van der Waals surface area contributed by atoms with Crippen LogP contribution in [0.15, 0.2) is 48.5 Å². The zero-order chi connectivity index (χ0) is 16.8. The van der Waals surface area contributed by atoms with E-state index in [9.17, 15) is 4.79 Å². The predicted molar refractivity (Wildman–Crippen MR) is 95.0 cm³/mol. The molecule has 0 unspecified atom stereocenters. The van der Waals surface area contributed by atoms with Crippen molar-refractivity contribution in [2.24, 2.45) is 0 Å². The van der Waals surface area contributed by atoms with E-state index >= 15 is 0 Å². The van der Waals surface area contributed by atoms with Gasteiger partial charge in [-0.25, -0.2) is 0 Å². The normalized spacial score (nSPS) is 11.0. The van der Waals surface area contributed by atoms with Crippen molar-refractivity contribution in [3.63, 3.8) is 0 Å². The highest BCUT2D eigenvalue weighted by Crippen LogP contribution is 2.26. The van der Waals surface area contributed by atoms with Gasteiger partial charge in [-0.1, -0.05) is 70.2 Å². The van der Waals surface area contributed by atoms with Crippen LogP contribution in [0.3, 0.4) is 0 Å². The molecular formula is C21H26O2. The minimum absolute atomic E-state index is 0.175. The summed E-state index contributed by atoms with van der Waals surface area (Å²) in [6, 6.07) is 16.2. The molecule has 0 spiro atoms. The van der Waals surface area contributed by atoms with E-state index in [4.69, 9.17) is 4.74 Å². The second kappa shape index (κ2) is 7.96. The first-order valence-electron chi connectivity index (χ1n) is 8.35. The second-order valence-corrected chi connectivity index (χ2v) is 6.56. The van der Waals surface area contributed by atoms with Crippen LogP contribution in [-0.2, 0) is 11.2 Å². The maximum atomic E-state index is 12.1. The van der Waals surface area contributed by atoms with Gasteiger partial charge in [0.15, 0.2) is 0 Å². The molecule has 0 radical (unpaired) electrons. The second-order valence-electron chi connectivity index (χ2n) is 6.56. The third-order valence-electron chi connectivity index (χ3n) is 4.03. The average molecular weight is 310 g/mol. The number of carbonyl (C=O) groups excluding carboxylic acids is 1. The van der Waals surface area contributed by atoms with Crippen LogP contribution in [0.2, 0.25) is 0 Å². The molecule has 2 aromatic carbocycles. The lowest BCUT2D eigenvalue weighted by atomic mass is 10.0. The lowest BCUT2D eigenvalue weighted by Gasteiger charge is -2.12. The first kappa shape index (κ1) is 17.3. The molecule has 2 heteroatoms. The van der Waals surface area contributed by atoms with Crippen molar-refractivity contribution < 1.29 is 9.53 Å². The highest BCUT2D eigenvalue weighted by Gasteiger charge is 2.11. The van der Waals surface area contributed by atoms with E-state index in [0.29, 0.717) is 30.4 Å². The zero-order valence-corrected chi connectivity index (χ0v) is 14.5. The Balaban J connectivity index is 1.93. The molecule has 0 aliphatic rings. The Hall–Kier alpha value is -2.09. The van der Waals surface area contributed by atoms with Crippen LogP contribution in [0.1, 0.15) is 62.6 Å². The van der Waals surface area contributed by atoms with E-state index in [1.54, 1.807) is 0 Å². The fourth-order valence-electron chi connectivity index (χ4n) is 2.54. The maximum Gasteiger partial charge on any atom is 0.311 e. The van der Waals surface area contributed by atoms with Gasteiger partial charge in [-0.15, -0.1) is 0 Å². The number of rotatable bonds is 6. The van der Waals surface area contributed by atoms with Crippen molar-refractivity contribution in [2.75, 3.05) is 0 Å². The number of para-hydroxylation sites is 1. The number of esters is 1. The van der Waals surface area contributed by atoms with Gasteiger partial charge in [-0.2, -0.15) is 0 Å². The van der Waals surface area contributed by atoms with E-state index in [-0.39, 0.29) is 5.97 Å². The molecule has 0 aliphatic carbocycles. The standard InChI is InChI=1S/C21H26O2/c1-15(2)18-12-9-17(10-13-18)11-14-21(22)23-20-8-6-5-7-19(20)16(3)4/h5-10,12-13,15-16H,11,14H2,1-4H3. The first-order chi connectivity index (χ1) is 11.0. The highest BCUT2D eigenvalue weighted by molar-refractivity contribution is 5.73. The van der Waals surface area contributed by atoms with Gasteiger partial charge < -0.3 is 4.74 Å². The van der Waals surface area contributed by atoms with Gasteiger partial charge in [0, 0.05) is 6.42 Å². The predicted octanol–water partition coefficient (Wildman–Crippen LogP) is 5.47. The zero-order valence-electron chi connectivity index (χ0n) is 14.5. The summed E-state index contributed by atoms with van der Waals surface area (Å²) in [6.07, 6.45) is 1.11. The summed E-state index contributed by atoms with van der Waals surface area (Å²) in [5, 5.41) is 0. The van der Waals surface area contributed by atoms with Crippen LogP contribution in [-0.4, -0.2) is 5.97 Å². The molecule has 0 aromatic heterocycles. The fraction of sp³-hybridized carbons (Fsp3) is 0.381. The van der Waals surface area contributed by atoms with Crippen LogP contribution in [0.25, 0.3) is 0 Å². The van der Waals surface area contributed by atoms with Crippen molar-refractivity contribution >= 4 is 5.97 Å². The molecule has 23 heavy (non-hydrogen) atoms. The van der Waals surface area contributed by atoms with Crippen molar-refractivity contribution in [1.29, 1.82) is 0 Å². The lowest BCUT2D eigenvalue weighted by molar-refractivity contribution is -0.134. The number of hydrogen-bond acceptors (Lipinski definition) is 2. The Morgan fingerprint density at radius 1 is 0.913 bits per heavy atom. The molecule has 0 bridgehead atoms. The Labute approximate surface area is 139 Å². The summed E-state index contributed by atoms with van der Waals surface area (Å²) in [5.41, 5.74) is 3.56. The summed E-state index contributed by atoms with van der Waals surface area (Å²) in [7, 11) is 0. The number of hydrogen-bond donors (Lipinski definition) is 0. The summed E-state index contributed by atoms with van der Waals surface area (Å²) < 4.78 is 5.55. The van der Waals surface area contributed by atoms with Gasteiger partial charge in [0.2, 0.25) is 0 Å². The number of aryl methyl sites for hydroxylation is 1. The number of ether oxygens (including phenoxy) is 1. The Morgan fingerprint density at radius 2 is 1.57 bits per heavy atom. The van der Waals surface area contributed by atoms with E-state index in [0.717, 1.165) is 5.56 Å². The van der Waals surface area contributed by atoms with Gasteiger partial charge >= 0.3 is 5.97 Å². The first-order valence-corrected chi connectivity index (χ1v) is 8.35. The maximum absolute atomic E-state index is 12.1. The smallest absolute Gasteiger partial charge is 0.311 e. The highest BCUT2D eigenvalue weighted by atomic mass is 16.5. The van der Waals surface area contributed by atoms with Crippen molar-refractivity contribution in [3.05, 3.63) is 65.2 Å². The molecule has 0 amide bonds. The summed E-state index contributed by atoms with van der Waals surface area (Å²) in [5.74, 6) is 1.37. The molecule has 0 fully saturated rings. The van der Waals surface area contributed by atoms with Gasteiger partial charge in [0.1, 0.15) is 5.75 Å². The van der Waals surface area contributed by atoms with Crippen LogP contribution >= 0.6 is 0 Å². The molecule has 0 atom stereocenters. The van der Waals surface area contributed by atoms with Gasteiger partial charge in [-0.3, -0.25) is 4.79 Å². The molecule has 0 heterocycles. The molecule has 0 saturated heterocycles. The van der Waals surface area contributed by atoms with E-state index in [1.807, 2.05) is 24.3 Å². The Morgan fingerprint density at radius 3 is 2.17 bits per heavy atom. The van der Waals surface area contributed by atoms with Gasteiger partial charge in [-0.05, 0) is 41.0 Å². The van der Waals surface area contributed by atoms with Crippen LogP contribution < -0.4 is 4.74 Å². The minimum atomic E-state index is -0.175. The molecule has 0 N–H and O–H groups in total. The Bertz CT molecular complexity index is 639. The fourth-order valence-corrected chi connectivity index (χ4v) is 2.54. The molecule has 122 valence electrons. The van der Waals surface area contributed by atoms with Gasteiger partial charge in [0.05, 0.1) is 0 Å². The van der Waals surface area contributed by atoms with Gasteiger partial charge in [0.25, 0.3) is 0 Å². The summed E-state index contributed by atoms with van der Waals surface area (Å²) in [4.78, 5) is 12.1. The number of benzene rings is 2. The molecule has 0 aliphatic heterocycles. The summed E-state index contributed by atoms with van der Waals surface area (Å²) in [6.45, 7) is 8.56. The van der Waals surface area contributed by atoms with E-state index in [1.165, 1.54) is 11.1 Å². The molecule has 0 saturated carbocycles. The monoisotopic (exact) mass is 310 g/mol. The van der Waals surface area contributed by atoms with Crippen LogP contribution in [0.4, 0.5) is 0 Å².